The van der Waals surface area contributed by atoms with Gasteiger partial charge < -0.3 is 0 Å². The van der Waals surface area contributed by atoms with Gasteiger partial charge in [-0.3, -0.25) is 0 Å². The number of benzene rings is 3. The molecule has 3 aromatic heterocycles. The summed E-state index contributed by atoms with van der Waals surface area (Å²) >= 11 is 3.59. The lowest BCUT2D eigenvalue weighted by molar-refractivity contribution is 0.596. The minimum absolute atomic E-state index is 0.0389. The minimum Gasteiger partial charge on any atom is -0.235 e. The van der Waals surface area contributed by atoms with Crippen molar-refractivity contribution in [1.29, 1.82) is 0 Å². The largest absolute Gasteiger partial charge is 0.235 e. The van der Waals surface area contributed by atoms with Crippen LogP contribution in [0.4, 0.5) is 0 Å². The number of nitrogens with zero attached hydrogens (tertiary/aromatic N) is 2. The van der Waals surface area contributed by atoms with Crippen molar-refractivity contribution in [3.05, 3.63) is 84.0 Å². The lowest BCUT2D eigenvalue weighted by Gasteiger charge is -2.22. The number of fused-ring (bicyclic) bond motifs is 3. The Labute approximate surface area is 195 Å². The predicted molar refractivity (Wildman–Crippen MR) is 140 cm³/mol. The zero-order valence-electron chi connectivity index (χ0n) is 18.2. The molecule has 0 unspecified atom stereocenters. The van der Waals surface area contributed by atoms with Gasteiger partial charge in [-0.1, -0.05) is 63.2 Å². The van der Waals surface area contributed by atoms with Gasteiger partial charge in [-0.2, -0.15) is 0 Å². The Morgan fingerprint density at radius 2 is 1.62 bits per heavy atom. The monoisotopic (exact) mass is 450 g/mol. The van der Waals surface area contributed by atoms with Crippen molar-refractivity contribution in [3.8, 4) is 21.7 Å². The van der Waals surface area contributed by atoms with E-state index in [0.717, 1.165) is 21.5 Å². The zero-order valence-corrected chi connectivity index (χ0v) is 19.8. The van der Waals surface area contributed by atoms with Gasteiger partial charge in [-0.05, 0) is 56.8 Å². The SMILES string of the molecule is CC(C)(C)c1cc(-c2ncnc3cc(-c4cccc5ccsc45)sc23)cc2ccccc12. The Balaban J connectivity index is 1.60. The van der Waals surface area contributed by atoms with Gasteiger partial charge in [0.2, 0.25) is 0 Å². The molecule has 6 aromatic rings. The third kappa shape index (κ3) is 3.14. The highest BCUT2D eigenvalue weighted by molar-refractivity contribution is 7.23. The van der Waals surface area contributed by atoms with E-state index in [9.17, 15) is 0 Å². The van der Waals surface area contributed by atoms with E-state index in [4.69, 9.17) is 4.98 Å². The molecule has 0 aliphatic heterocycles. The Morgan fingerprint density at radius 1 is 0.781 bits per heavy atom. The van der Waals surface area contributed by atoms with Crippen molar-refractivity contribution in [1.82, 2.24) is 9.97 Å². The number of rotatable bonds is 2. The maximum absolute atomic E-state index is 4.77. The Kier molecular flexibility index (Phi) is 4.42. The van der Waals surface area contributed by atoms with E-state index in [1.54, 1.807) is 29.0 Å². The molecule has 6 rings (SSSR count). The summed E-state index contributed by atoms with van der Waals surface area (Å²) in [6.07, 6.45) is 1.70. The zero-order chi connectivity index (χ0) is 21.9. The second-order valence-corrected chi connectivity index (χ2v) is 11.2. The number of hydrogen-bond acceptors (Lipinski definition) is 4. The molecule has 2 nitrogen and oxygen atoms in total. The first kappa shape index (κ1) is 19.6. The van der Waals surface area contributed by atoms with E-state index in [0.29, 0.717) is 0 Å². The number of thiophene rings is 2. The summed E-state index contributed by atoms with van der Waals surface area (Å²) in [4.78, 5) is 10.6. The second kappa shape index (κ2) is 7.22. The molecular formula is C28H22N2S2. The van der Waals surface area contributed by atoms with E-state index < -0.39 is 0 Å². The molecule has 32 heavy (non-hydrogen) atoms. The van der Waals surface area contributed by atoms with Gasteiger partial charge >= 0.3 is 0 Å². The van der Waals surface area contributed by atoms with Crippen LogP contribution in [0.15, 0.2) is 78.4 Å². The van der Waals surface area contributed by atoms with Gasteiger partial charge in [0.15, 0.2) is 0 Å². The quantitative estimate of drug-likeness (QED) is 0.264. The van der Waals surface area contributed by atoms with E-state index in [2.05, 4.69) is 97.9 Å². The van der Waals surface area contributed by atoms with Crippen LogP contribution in [0.2, 0.25) is 0 Å². The summed E-state index contributed by atoms with van der Waals surface area (Å²) in [7, 11) is 0. The van der Waals surface area contributed by atoms with Crippen LogP contribution in [-0.2, 0) is 5.41 Å². The fourth-order valence-electron chi connectivity index (χ4n) is 4.45. The number of aromatic nitrogens is 2. The number of hydrogen-bond donors (Lipinski definition) is 0. The topological polar surface area (TPSA) is 25.8 Å². The molecule has 3 heterocycles. The van der Waals surface area contributed by atoms with Crippen molar-refractivity contribution in [2.45, 2.75) is 26.2 Å². The molecule has 4 heteroatoms. The summed E-state index contributed by atoms with van der Waals surface area (Å²) in [5.41, 5.74) is 5.84. The molecule has 0 saturated carbocycles. The second-order valence-electron chi connectivity index (χ2n) is 9.19. The van der Waals surface area contributed by atoms with E-state index in [1.165, 1.54) is 36.9 Å². The van der Waals surface area contributed by atoms with Crippen LogP contribution in [0, 0.1) is 0 Å². The van der Waals surface area contributed by atoms with Gasteiger partial charge in [0.05, 0.1) is 15.9 Å². The molecule has 0 bridgehead atoms. The van der Waals surface area contributed by atoms with Crippen LogP contribution in [0.1, 0.15) is 26.3 Å². The van der Waals surface area contributed by atoms with Crippen LogP contribution in [0.25, 0.3) is 52.8 Å². The Bertz CT molecular complexity index is 1620. The summed E-state index contributed by atoms with van der Waals surface area (Å²) in [5, 5.41) is 6.02. The maximum atomic E-state index is 4.77. The van der Waals surface area contributed by atoms with Gasteiger partial charge in [0.1, 0.15) is 6.33 Å². The normalized spacial score (nSPS) is 12.2. The fraction of sp³-hybridized carbons (Fsp3) is 0.143. The first-order chi connectivity index (χ1) is 15.5. The van der Waals surface area contributed by atoms with Crippen molar-refractivity contribution < 1.29 is 0 Å². The molecule has 0 fully saturated rings. The lowest BCUT2D eigenvalue weighted by atomic mass is 9.82. The van der Waals surface area contributed by atoms with Crippen LogP contribution < -0.4 is 0 Å². The first-order valence-electron chi connectivity index (χ1n) is 10.7. The van der Waals surface area contributed by atoms with E-state index >= 15 is 0 Å². The molecule has 0 aliphatic carbocycles. The van der Waals surface area contributed by atoms with Crippen LogP contribution >= 0.6 is 22.7 Å². The third-order valence-electron chi connectivity index (χ3n) is 6.00. The Hall–Kier alpha value is -3.08. The summed E-state index contributed by atoms with van der Waals surface area (Å²) in [6.45, 7) is 6.83. The van der Waals surface area contributed by atoms with Gasteiger partial charge in [-0.15, -0.1) is 22.7 Å². The molecule has 3 aromatic carbocycles. The van der Waals surface area contributed by atoms with Gasteiger partial charge in [-0.25, -0.2) is 9.97 Å². The molecule has 156 valence electrons. The van der Waals surface area contributed by atoms with Crippen LogP contribution in [0.3, 0.4) is 0 Å². The molecule has 0 amide bonds. The summed E-state index contributed by atoms with van der Waals surface area (Å²) < 4.78 is 2.47. The average molecular weight is 451 g/mol. The van der Waals surface area contributed by atoms with Crippen molar-refractivity contribution in [3.63, 3.8) is 0 Å². The molecule has 0 spiro atoms. The summed E-state index contributed by atoms with van der Waals surface area (Å²) in [5.74, 6) is 0. The third-order valence-corrected chi connectivity index (χ3v) is 8.13. The molecule has 0 atom stereocenters. The smallest absolute Gasteiger partial charge is 0.116 e. The van der Waals surface area contributed by atoms with E-state index in [1.807, 2.05) is 0 Å². The van der Waals surface area contributed by atoms with Gasteiger partial charge in [0, 0.05) is 20.7 Å². The average Bonchev–Trinajstić information content (AvgIpc) is 3.44. The maximum Gasteiger partial charge on any atom is 0.116 e. The van der Waals surface area contributed by atoms with Crippen LogP contribution in [0.5, 0.6) is 0 Å². The Morgan fingerprint density at radius 3 is 2.50 bits per heavy atom. The molecular weight excluding hydrogens is 428 g/mol. The minimum atomic E-state index is 0.0389. The highest BCUT2D eigenvalue weighted by Crippen LogP contribution is 2.42. The van der Waals surface area contributed by atoms with E-state index in [-0.39, 0.29) is 5.41 Å². The van der Waals surface area contributed by atoms with Gasteiger partial charge in [0.25, 0.3) is 0 Å². The van der Waals surface area contributed by atoms with Crippen molar-refractivity contribution in [2.75, 3.05) is 0 Å². The van der Waals surface area contributed by atoms with Crippen LogP contribution in [-0.4, -0.2) is 9.97 Å². The first-order valence-corrected chi connectivity index (χ1v) is 12.4. The molecule has 0 saturated heterocycles. The summed E-state index contributed by atoms with van der Waals surface area (Å²) in [6, 6.07) is 24.2. The predicted octanol–water partition coefficient (Wildman–Crippen LogP) is 8.69. The fourth-order valence-corrected chi connectivity index (χ4v) is 6.59. The molecule has 0 aliphatic rings. The standard InChI is InChI=1S/C28H22N2S2/c1-28(2,3)22-14-19(13-18-7-4-5-9-20(18)22)25-27-23(29-16-30-25)15-24(32-27)21-10-6-8-17-11-12-31-26(17)21/h4-16H,1-3H3. The molecule has 0 radical (unpaired) electrons. The highest BCUT2D eigenvalue weighted by atomic mass is 32.1. The molecule has 0 N–H and O–H groups in total. The highest BCUT2D eigenvalue weighted by Gasteiger charge is 2.20. The lowest BCUT2D eigenvalue weighted by Crippen LogP contribution is -2.12. The van der Waals surface area contributed by atoms with Crippen molar-refractivity contribution in [2.24, 2.45) is 0 Å². The van der Waals surface area contributed by atoms with Crippen molar-refractivity contribution >= 4 is 53.7 Å².